The summed E-state index contributed by atoms with van der Waals surface area (Å²) in [6, 6.07) is 15.9. The highest BCUT2D eigenvalue weighted by Gasteiger charge is 2.11. The molecular formula is C19H21N3O2S2. The zero-order valence-electron chi connectivity index (χ0n) is 14.7. The number of rotatable bonds is 8. The number of aliphatic hydroxyl groups excluding tert-OH is 1. The number of aryl methyl sites for hydroxylation is 2. The number of hydrogen-bond acceptors (Lipinski definition) is 7. The van der Waals surface area contributed by atoms with E-state index >= 15 is 0 Å². The van der Waals surface area contributed by atoms with Gasteiger partial charge in [-0.25, -0.2) is 0 Å². The van der Waals surface area contributed by atoms with E-state index in [2.05, 4.69) is 21.6 Å². The second-order valence-corrected chi connectivity index (χ2v) is 8.15. The van der Waals surface area contributed by atoms with Crippen LogP contribution in [0.5, 0.6) is 5.75 Å². The van der Waals surface area contributed by atoms with Gasteiger partial charge in [0.1, 0.15) is 12.4 Å². The molecule has 2 aromatic carbocycles. The van der Waals surface area contributed by atoms with E-state index in [1.807, 2.05) is 56.3 Å². The van der Waals surface area contributed by atoms with Crippen molar-refractivity contribution in [1.82, 2.24) is 10.2 Å². The Morgan fingerprint density at radius 1 is 1.15 bits per heavy atom. The van der Waals surface area contributed by atoms with E-state index in [-0.39, 0.29) is 6.61 Å². The van der Waals surface area contributed by atoms with Crippen LogP contribution >= 0.6 is 23.1 Å². The van der Waals surface area contributed by atoms with Crippen molar-refractivity contribution in [2.45, 2.75) is 24.3 Å². The second-order valence-electron chi connectivity index (χ2n) is 5.91. The predicted molar refractivity (Wildman–Crippen MR) is 108 cm³/mol. The van der Waals surface area contributed by atoms with Crippen molar-refractivity contribution in [3.8, 4) is 5.75 Å². The molecule has 0 radical (unpaired) electrons. The number of ether oxygens (including phenoxy) is 1. The molecule has 3 aromatic rings. The summed E-state index contributed by atoms with van der Waals surface area (Å²) < 4.78 is 6.49. The second kappa shape index (κ2) is 9.02. The Bertz CT molecular complexity index is 854. The Hall–Kier alpha value is -2.09. The summed E-state index contributed by atoms with van der Waals surface area (Å²) in [6.45, 7) is 4.29. The molecule has 0 aliphatic heterocycles. The third-order valence-electron chi connectivity index (χ3n) is 3.60. The van der Waals surface area contributed by atoms with Crippen molar-refractivity contribution < 1.29 is 9.84 Å². The van der Waals surface area contributed by atoms with Gasteiger partial charge >= 0.3 is 0 Å². The number of aromatic nitrogens is 2. The Morgan fingerprint density at radius 3 is 2.81 bits per heavy atom. The average molecular weight is 388 g/mol. The Kier molecular flexibility index (Phi) is 6.49. The molecule has 1 atom stereocenters. The molecule has 0 saturated heterocycles. The molecule has 0 aliphatic rings. The molecule has 1 heterocycles. The largest absolute Gasteiger partial charge is 0.491 e. The molecular weight excluding hydrogens is 366 g/mol. The SMILES string of the molecule is Cc1cccc(Nc2nnc(SC[C@@H](O)COc3ccccc3C)s2)c1. The first kappa shape index (κ1) is 18.7. The van der Waals surface area contributed by atoms with E-state index in [1.165, 1.54) is 28.7 Å². The van der Waals surface area contributed by atoms with Crippen LogP contribution in [0.2, 0.25) is 0 Å². The van der Waals surface area contributed by atoms with Gasteiger partial charge < -0.3 is 15.2 Å². The minimum absolute atomic E-state index is 0.255. The van der Waals surface area contributed by atoms with Gasteiger partial charge in [0.05, 0.1) is 6.10 Å². The summed E-state index contributed by atoms with van der Waals surface area (Å²) in [6.07, 6.45) is -0.573. The van der Waals surface area contributed by atoms with Gasteiger partial charge in [-0.1, -0.05) is 53.4 Å². The molecule has 0 saturated carbocycles. The van der Waals surface area contributed by atoms with Gasteiger partial charge in [0.2, 0.25) is 5.13 Å². The first-order chi connectivity index (χ1) is 12.6. The quantitative estimate of drug-likeness (QED) is 0.557. The van der Waals surface area contributed by atoms with Crippen LogP contribution < -0.4 is 10.1 Å². The average Bonchev–Trinajstić information content (AvgIpc) is 3.07. The number of thioether (sulfide) groups is 1. The molecule has 7 heteroatoms. The van der Waals surface area contributed by atoms with E-state index < -0.39 is 6.10 Å². The molecule has 0 fully saturated rings. The molecule has 3 rings (SSSR count). The normalized spacial score (nSPS) is 12.0. The Balaban J connectivity index is 1.46. The van der Waals surface area contributed by atoms with Crippen molar-refractivity contribution in [3.05, 3.63) is 59.7 Å². The molecule has 0 amide bonds. The number of nitrogens with one attached hydrogen (secondary N) is 1. The topological polar surface area (TPSA) is 67.3 Å². The van der Waals surface area contributed by atoms with Gasteiger partial charge in [-0.05, 0) is 43.2 Å². The molecule has 5 nitrogen and oxygen atoms in total. The highest BCUT2D eigenvalue weighted by atomic mass is 32.2. The molecule has 0 aliphatic carbocycles. The van der Waals surface area contributed by atoms with Crippen LogP contribution in [0.4, 0.5) is 10.8 Å². The molecule has 0 unspecified atom stereocenters. The Labute approximate surface area is 161 Å². The van der Waals surface area contributed by atoms with Crippen LogP contribution in [0, 0.1) is 13.8 Å². The van der Waals surface area contributed by atoms with E-state index in [9.17, 15) is 5.11 Å². The summed E-state index contributed by atoms with van der Waals surface area (Å²) in [4.78, 5) is 0. The minimum atomic E-state index is -0.573. The van der Waals surface area contributed by atoms with Gasteiger partial charge in [-0.15, -0.1) is 10.2 Å². The van der Waals surface area contributed by atoms with Crippen LogP contribution in [0.15, 0.2) is 52.9 Å². The van der Waals surface area contributed by atoms with Crippen molar-refractivity contribution in [2.75, 3.05) is 17.7 Å². The maximum Gasteiger partial charge on any atom is 0.210 e. The summed E-state index contributed by atoms with van der Waals surface area (Å²) in [7, 11) is 0. The molecule has 0 bridgehead atoms. The van der Waals surface area contributed by atoms with E-state index in [4.69, 9.17) is 4.74 Å². The van der Waals surface area contributed by atoms with Crippen LogP contribution in [0.1, 0.15) is 11.1 Å². The smallest absolute Gasteiger partial charge is 0.210 e. The highest BCUT2D eigenvalue weighted by molar-refractivity contribution is 8.01. The Morgan fingerprint density at radius 2 is 2.00 bits per heavy atom. The standard InChI is InChI=1S/C19H21N3O2S2/c1-13-6-5-8-15(10-13)20-18-21-22-19(26-18)25-12-16(23)11-24-17-9-4-3-7-14(17)2/h3-10,16,23H,11-12H2,1-2H3,(H,20,21)/t16-/m0/s1. The first-order valence-electron chi connectivity index (χ1n) is 8.26. The van der Waals surface area contributed by atoms with Crippen LogP contribution in [-0.2, 0) is 0 Å². The summed E-state index contributed by atoms with van der Waals surface area (Å²) in [5.74, 6) is 1.31. The third-order valence-corrected chi connectivity index (χ3v) is 5.72. The molecule has 2 N–H and O–H groups in total. The van der Waals surface area contributed by atoms with Crippen LogP contribution in [0.25, 0.3) is 0 Å². The predicted octanol–water partition coefficient (Wildman–Crippen LogP) is 4.43. The van der Waals surface area contributed by atoms with E-state index in [0.29, 0.717) is 5.75 Å². The maximum atomic E-state index is 10.1. The van der Waals surface area contributed by atoms with E-state index in [0.717, 1.165) is 26.5 Å². The lowest BCUT2D eigenvalue weighted by molar-refractivity contribution is 0.126. The molecule has 1 aromatic heterocycles. The number of nitrogens with zero attached hydrogens (tertiary/aromatic N) is 2. The van der Waals surface area contributed by atoms with Gasteiger partial charge in [0.15, 0.2) is 4.34 Å². The number of benzene rings is 2. The lowest BCUT2D eigenvalue weighted by atomic mass is 10.2. The minimum Gasteiger partial charge on any atom is -0.491 e. The fourth-order valence-electron chi connectivity index (χ4n) is 2.28. The van der Waals surface area contributed by atoms with Gasteiger partial charge in [0.25, 0.3) is 0 Å². The summed E-state index contributed by atoms with van der Waals surface area (Å²) in [5.41, 5.74) is 3.23. The number of para-hydroxylation sites is 1. The van der Waals surface area contributed by atoms with Crippen molar-refractivity contribution >= 4 is 33.9 Å². The summed E-state index contributed by atoms with van der Waals surface area (Å²) in [5, 5.41) is 22.4. The zero-order valence-corrected chi connectivity index (χ0v) is 16.3. The van der Waals surface area contributed by atoms with Crippen molar-refractivity contribution in [2.24, 2.45) is 0 Å². The van der Waals surface area contributed by atoms with Crippen LogP contribution in [-0.4, -0.2) is 33.8 Å². The monoisotopic (exact) mass is 387 g/mol. The summed E-state index contributed by atoms with van der Waals surface area (Å²) >= 11 is 2.95. The van der Waals surface area contributed by atoms with E-state index in [1.54, 1.807) is 0 Å². The lowest BCUT2D eigenvalue weighted by Gasteiger charge is -2.12. The third kappa shape index (κ3) is 5.45. The van der Waals surface area contributed by atoms with Gasteiger partial charge in [-0.3, -0.25) is 0 Å². The fourth-order valence-corrected chi connectivity index (χ4v) is 3.99. The van der Waals surface area contributed by atoms with Crippen LogP contribution in [0.3, 0.4) is 0 Å². The molecule has 26 heavy (non-hydrogen) atoms. The maximum absolute atomic E-state index is 10.1. The lowest BCUT2D eigenvalue weighted by Crippen LogP contribution is -2.20. The number of hydrogen-bond donors (Lipinski definition) is 2. The molecule has 136 valence electrons. The highest BCUT2D eigenvalue weighted by Crippen LogP contribution is 2.28. The zero-order chi connectivity index (χ0) is 18.4. The fraction of sp³-hybridized carbons (Fsp3) is 0.263. The number of anilines is 2. The van der Waals surface area contributed by atoms with Crippen molar-refractivity contribution in [1.29, 1.82) is 0 Å². The first-order valence-corrected chi connectivity index (χ1v) is 10.1. The van der Waals surface area contributed by atoms with Gasteiger partial charge in [0, 0.05) is 11.4 Å². The molecule has 0 spiro atoms. The number of aliphatic hydroxyl groups is 1. The van der Waals surface area contributed by atoms with Crippen molar-refractivity contribution in [3.63, 3.8) is 0 Å². The van der Waals surface area contributed by atoms with Gasteiger partial charge in [-0.2, -0.15) is 0 Å².